The Kier molecular flexibility index (Phi) is 5.30. The summed E-state index contributed by atoms with van der Waals surface area (Å²) in [5.41, 5.74) is 2.01. The van der Waals surface area contributed by atoms with Gasteiger partial charge in [0.2, 0.25) is 0 Å². The predicted octanol–water partition coefficient (Wildman–Crippen LogP) is 3.84. The molecule has 2 aromatic rings. The number of sulfonamides is 1. The van der Waals surface area contributed by atoms with Gasteiger partial charge in [0.15, 0.2) is 11.5 Å². The van der Waals surface area contributed by atoms with Crippen LogP contribution in [0.5, 0.6) is 11.5 Å². The summed E-state index contributed by atoms with van der Waals surface area (Å²) >= 11 is 1.04. The number of hydrogen-bond acceptors (Lipinski definition) is 6. The highest BCUT2D eigenvalue weighted by Gasteiger charge is 2.20. The van der Waals surface area contributed by atoms with Crippen LogP contribution < -0.4 is 14.2 Å². The smallest absolute Gasteiger partial charge is 0.262 e. The van der Waals surface area contributed by atoms with Crippen LogP contribution in [0.25, 0.3) is 0 Å². The standard InChI is InChI=1S/C18H18N2O4S2/c1-12-8-14(25-11-19)9-13(2)18(12)20-26(21,22)15-4-5-16-17(10-15)24-7-3-6-23-16/h4-5,8-10,20H,3,6-7H2,1-2H3. The van der Waals surface area contributed by atoms with Crippen LogP contribution in [-0.2, 0) is 10.0 Å². The molecule has 0 fully saturated rings. The molecule has 0 aliphatic carbocycles. The summed E-state index contributed by atoms with van der Waals surface area (Å²) in [5, 5.41) is 10.8. The maximum atomic E-state index is 12.8. The number of ether oxygens (including phenoxy) is 2. The van der Waals surface area contributed by atoms with Gasteiger partial charge in [-0.3, -0.25) is 4.72 Å². The number of thiocyanates is 1. The topological polar surface area (TPSA) is 88.4 Å². The largest absolute Gasteiger partial charge is 0.490 e. The summed E-state index contributed by atoms with van der Waals surface area (Å²) in [6, 6.07) is 8.16. The highest BCUT2D eigenvalue weighted by molar-refractivity contribution is 8.03. The quantitative estimate of drug-likeness (QED) is 0.630. The Morgan fingerprint density at radius 2 is 1.73 bits per heavy atom. The molecule has 0 bridgehead atoms. The minimum Gasteiger partial charge on any atom is -0.490 e. The number of thioether (sulfide) groups is 1. The number of rotatable bonds is 4. The first-order valence-electron chi connectivity index (χ1n) is 8.00. The lowest BCUT2D eigenvalue weighted by molar-refractivity contribution is 0.297. The Morgan fingerprint density at radius 1 is 1.08 bits per heavy atom. The van der Waals surface area contributed by atoms with Crippen molar-refractivity contribution in [2.24, 2.45) is 0 Å². The molecule has 1 heterocycles. The van der Waals surface area contributed by atoms with Crippen molar-refractivity contribution in [3.8, 4) is 16.9 Å². The van der Waals surface area contributed by atoms with Gasteiger partial charge in [-0.15, -0.1) is 0 Å². The van der Waals surface area contributed by atoms with Crippen molar-refractivity contribution in [3.05, 3.63) is 41.5 Å². The van der Waals surface area contributed by atoms with Gasteiger partial charge in [0, 0.05) is 17.4 Å². The molecule has 0 unspecified atom stereocenters. The van der Waals surface area contributed by atoms with Gasteiger partial charge >= 0.3 is 0 Å². The lowest BCUT2D eigenvalue weighted by Gasteiger charge is -2.15. The Bertz CT molecular complexity index is 958. The van der Waals surface area contributed by atoms with Crippen molar-refractivity contribution in [2.45, 2.75) is 30.1 Å². The summed E-state index contributed by atoms with van der Waals surface area (Å²) in [6.07, 6.45) is 0.750. The van der Waals surface area contributed by atoms with Crippen LogP contribution in [0.15, 0.2) is 40.1 Å². The number of hydrogen-bond donors (Lipinski definition) is 1. The fourth-order valence-electron chi connectivity index (χ4n) is 2.70. The van der Waals surface area contributed by atoms with E-state index in [1.807, 2.05) is 5.40 Å². The molecule has 0 radical (unpaired) electrons. The number of nitrogens with zero attached hydrogens (tertiary/aromatic N) is 1. The molecule has 0 atom stereocenters. The van der Waals surface area contributed by atoms with Crippen LogP contribution in [0.2, 0.25) is 0 Å². The van der Waals surface area contributed by atoms with E-state index in [-0.39, 0.29) is 4.90 Å². The van der Waals surface area contributed by atoms with E-state index in [0.717, 1.165) is 34.2 Å². The van der Waals surface area contributed by atoms with E-state index in [1.54, 1.807) is 32.0 Å². The Morgan fingerprint density at radius 3 is 2.38 bits per heavy atom. The number of nitriles is 1. The van der Waals surface area contributed by atoms with Gasteiger partial charge in [0.25, 0.3) is 10.0 Å². The van der Waals surface area contributed by atoms with Gasteiger partial charge < -0.3 is 9.47 Å². The minimum absolute atomic E-state index is 0.107. The zero-order valence-corrected chi connectivity index (χ0v) is 16.0. The zero-order chi connectivity index (χ0) is 18.7. The van der Waals surface area contributed by atoms with Crippen LogP contribution >= 0.6 is 11.8 Å². The van der Waals surface area contributed by atoms with E-state index in [1.165, 1.54) is 12.1 Å². The lowest BCUT2D eigenvalue weighted by Crippen LogP contribution is -2.15. The highest BCUT2D eigenvalue weighted by Crippen LogP contribution is 2.34. The summed E-state index contributed by atoms with van der Waals surface area (Å²) in [7, 11) is -3.79. The molecular formula is C18H18N2O4S2. The third kappa shape index (κ3) is 3.89. The van der Waals surface area contributed by atoms with E-state index in [0.29, 0.717) is 30.4 Å². The van der Waals surface area contributed by atoms with E-state index in [2.05, 4.69) is 4.72 Å². The number of nitrogens with one attached hydrogen (secondary N) is 1. The summed E-state index contributed by atoms with van der Waals surface area (Å²) in [4.78, 5) is 0.886. The van der Waals surface area contributed by atoms with Gasteiger partial charge in [-0.05, 0) is 61.0 Å². The van der Waals surface area contributed by atoms with Crippen molar-refractivity contribution in [3.63, 3.8) is 0 Å². The Labute approximate surface area is 157 Å². The van der Waals surface area contributed by atoms with Crippen LogP contribution in [0, 0.1) is 24.5 Å². The molecule has 0 aromatic heterocycles. The third-order valence-corrected chi connectivity index (χ3v) is 5.85. The molecule has 2 aromatic carbocycles. The molecule has 26 heavy (non-hydrogen) atoms. The number of fused-ring (bicyclic) bond motifs is 1. The SMILES string of the molecule is Cc1cc(SC#N)cc(C)c1NS(=O)(=O)c1ccc2c(c1)OCCCO2. The number of benzene rings is 2. The molecule has 1 N–H and O–H groups in total. The fraction of sp³-hybridized carbons (Fsp3) is 0.278. The van der Waals surface area contributed by atoms with Crippen molar-refractivity contribution < 1.29 is 17.9 Å². The molecule has 3 rings (SSSR count). The minimum atomic E-state index is -3.79. The van der Waals surface area contributed by atoms with Gasteiger partial charge in [0.1, 0.15) is 5.40 Å². The first-order chi connectivity index (χ1) is 12.4. The molecule has 0 saturated carbocycles. The summed E-state index contributed by atoms with van der Waals surface area (Å²) in [6.45, 7) is 4.64. The van der Waals surface area contributed by atoms with Crippen LogP contribution in [-0.4, -0.2) is 21.6 Å². The van der Waals surface area contributed by atoms with Crippen molar-refractivity contribution in [1.82, 2.24) is 0 Å². The van der Waals surface area contributed by atoms with Crippen LogP contribution in [0.1, 0.15) is 17.5 Å². The summed E-state index contributed by atoms with van der Waals surface area (Å²) in [5.74, 6) is 0.978. The number of anilines is 1. The molecule has 1 aliphatic rings. The molecule has 8 heteroatoms. The average molecular weight is 390 g/mol. The summed E-state index contributed by atoms with van der Waals surface area (Å²) < 4.78 is 39.4. The third-order valence-electron chi connectivity index (χ3n) is 3.94. The van der Waals surface area contributed by atoms with E-state index in [4.69, 9.17) is 14.7 Å². The highest BCUT2D eigenvalue weighted by atomic mass is 32.2. The van der Waals surface area contributed by atoms with Gasteiger partial charge in [0.05, 0.1) is 23.8 Å². The van der Waals surface area contributed by atoms with Gasteiger partial charge in [-0.25, -0.2) is 8.42 Å². The molecule has 6 nitrogen and oxygen atoms in total. The first-order valence-corrected chi connectivity index (χ1v) is 10.3. The first kappa shape index (κ1) is 18.4. The average Bonchev–Trinajstić information content (AvgIpc) is 2.83. The molecule has 0 saturated heterocycles. The molecule has 0 amide bonds. The lowest BCUT2D eigenvalue weighted by atomic mass is 10.1. The van der Waals surface area contributed by atoms with E-state index < -0.39 is 10.0 Å². The second kappa shape index (κ2) is 7.48. The maximum absolute atomic E-state index is 12.8. The van der Waals surface area contributed by atoms with E-state index in [9.17, 15) is 8.42 Å². The molecule has 1 aliphatic heterocycles. The van der Waals surface area contributed by atoms with Crippen LogP contribution in [0.3, 0.4) is 0 Å². The Hall–Kier alpha value is -2.37. The monoisotopic (exact) mass is 390 g/mol. The van der Waals surface area contributed by atoms with Gasteiger partial charge in [-0.1, -0.05) is 0 Å². The van der Waals surface area contributed by atoms with E-state index >= 15 is 0 Å². The van der Waals surface area contributed by atoms with Crippen molar-refractivity contribution in [2.75, 3.05) is 17.9 Å². The molecular weight excluding hydrogens is 372 g/mol. The van der Waals surface area contributed by atoms with Crippen molar-refractivity contribution in [1.29, 1.82) is 5.26 Å². The van der Waals surface area contributed by atoms with Gasteiger partial charge in [-0.2, -0.15) is 5.26 Å². The fourth-order valence-corrected chi connectivity index (χ4v) is 4.50. The normalized spacial score (nSPS) is 13.6. The zero-order valence-electron chi connectivity index (χ0n) is 14.4. The van der Waals surface area contributed by atoms with Crippen molar-refractivity contribution >= 4 is 27.5 Å². The molecule has 136 valence electrons. The number of aryl methyl sites for hydroxylation is 2. The second-order valence-corrected chi connectivity index (χ2v) is 8.43. The Balaban J connectivity index is 1.93. The predicted molar refractivity (Wildman–Crippen MR) is 100 cm³/mol. The maximum Gasteiger partial charge on any atom is 0.262 e. The molecule has 0 spiro atoms. The van der Waals surface area contributed by atoms with Crippen LogP contribution in [0.4, 0.5) is 5.69 Å². The second-order valence-electron chi connectivity index (χ2n) is 5.89.